The second-order valence-electron chi connectivity index (χ2n) is 11.9. The molecule has 2 aromatic carbocycles. The zero-order valence-electron chi connectivity index (χ0n) is 25.5. The van der Waals surface area contributed by atoms with Gasteiger partial charge in [0.25, 0.3) is 11.8 Å². The van der Waals surface area contributed by atoms with Gasteiger partial charge in [-0.15, -0.1) is 5.10 Å². The predicted molar refractivity (Wildman–Crippen MR) is 167 cm³/mol. The number of piperidine rings is 1. The van der Waals surface area contributed by atoms with Gasteiger partial charge in [0.15, 0.2) is 17.3 Å². The number of piperazine rings is 1. The van der Waals surface area contributed by atoms with Gasteiger partial charge >= 0.3 is 0 Å². The van der Waals surface area contributed by atoms with Crippen LogP contribution in [0.5, 0.6) is 0 Å². The summed E-state index contributed by atoms with van der Waals surface area (Å²) in [6.45, 7) is 8.50. The third-order valence-corrected chi connectivity index (χ3v) is 9.22. The van der Waals surface area contributed by atoms with Gasteiger partial charge in [-0.1, -0.05) is 16.8 Å². The number of likely N-dealkylation sites (tertiary alicyclic amines) is 1. The molecule has 1 aromatic heterocycles. The maximum Gasteiger partial charge on any atom is 0.273 e. The summed E-state index contributed by atoms with van der Waals surface area (Å²) in [5.41, 5.74) is 6.36. The van der Waals surface area contributed by atoms with E-state index in [1.807, 2.05) is 19.0 Å². The summed E-state index contributed by atoms with van der Waals surface area (Å²) in [5, 5.41) is 13.8. The van der Waals surface area contributed by atoms with Gasteiger partial charge in [0.1, 0.15) is 5.69 Å². The highest BCUT2D eigenvalue weighted by atomic mass is 35.5. The van der Waals surface area contributed by atoms with Crippen LogP contribution in [0.1, 0.15) is 53.1 Å². The molecule has 2 saturated heterocycles. The number of nitrogens with zero attached hydrogens (tertiary/aromatic N) is 6. The fourth-order valence-electron chi connectivity index (χ4n) is 5.74. The smallest absolute Gasteiger partial charge is 0.273 e. The molecule has 14 heteroatoms. The fraction of sp³-hybridized carbons (Fsp3) is 0.467. The largest absolute Gasteiger partial charge is 0.396 e. The summed E-state index contributed by atoms with van der Waals surface area (Å²) in [6, 6.07) is 4.28. The van der Waals surface area contributed by atoms with Gasteiger partial charge in [-0.25, -0.2) is 13.5 Å². The number of halogens is 3. The van der Waals surface area contributed by atoms with Gasteiger partial charge in [0, 0.05) is 42.8 Å². The molecule has 5 rings (SSSR count). The number of rotatable bonds is 6. The van der Waals surface area contributed by atoms with Gasteiger partial charge in [-0.2, -0.15) is 0 Å². The van der Waals surface area contributed by atoms with Crippen LogP contribution in [0.4, 0.5) is 25.8 Å². The number of likely N-dealkylation sites (N-methyl/N-ethyl adjacent to an activating group) is 1. The van der Waals surface area contributed by atoms with Crippen molar-refractivity contribution in [3.05, 3.63) is 57.9 Å². The highest BCUT2D eigenvalue weighted by Gasteiger charge is 2.30. The number of nitrogen functional groups attached to an aromatic ring is 1. The Morgan fingerprint density at radius 3 is 2.34 bits per heavy atom. The molecule has 0 unspecified atom stereocenters. The lowest BCUT2D eigenvalue weighted by Crippen LogP contribution is -2.55. The van der Waals surface area contributed by atoms with Gasteiger partial charge in [-0.3, -0.25) is 14.5 Å². The Balaban J connectivity index is 1.48. The molecule has 44 heavy (non-hydrogen) atoms. The number of nitrogens with one attached hydrogen (secondary N) is 2. The third-order valence-electron chi connectivity index (χ3n) is 8.73. The monoisotopic (exact) mass is 629 g/mol. The van der Waals surface area contributed by atoms with Crippen LogP contribution in [0.25, 0.3) is 5.69 Å². The maximum atomic E-state index is 15.8. The van der Waals surface area contributed by atoms with E-state index in [1.165, 1.54) is 36.0 Å². The van der Waals surface area contributed by atoms with E-state index >= 15 is 4.39 Å². The molecule has 236 valence electrons. The second-order valence-corrected chi connectivity index (χ2v) is 12.3. The van der Waals surface area contributed by atoms with E-state index in [9.17, 15) is 14.0 Å². The maximum absolute atomic E-state index is 15.8. The van der Waals surface area contributed by atoms with Crippen molar-refractivity contribution >= 4 is 40.5 Å². The van der Waals surface area contributed by atoms with Crippen molar-refractivity contribution in [3.63, 3.8) is 0 Å². The molecule has 11 nitrogen and oxygen atoms in total. The second kappa shape index (κ2) is 12.7. The van der Waals surface area contributed by atoms with Crippen molar-refractivity contribution in [1.29, 1.82) is 0 Å². The normalized spacial score (nSPS) is 20.1. The van der Waals surface area contributed by atoms with Crippen LogP contribution >= 0.6 is 11.6 Å². The van der Waals surface area contributed by atoms with Gasteiger partial charge in [-0.05, 0) is 72.9 Å². The van der Waals surface area contributed by atoms with Crippen LogP contribution in [-0.4, -0.2) is 95.0 Å². The summed E-state index contributed by atoms with van der Waals surface area (Å²) in [4.78, 5) is 32.9. The molecule has 0 radical (unpaired) electrons. The first-order chi connectivity index (χ1) is 20.8. The van der Waals surface area contributed by atoms with E-state index in [1.54, 1.807) is 0 Å². The van der Waals surface area contributed by atoms with Gasteiger partial charge < -0.3 is 26.2 Å². The molecular formula is C30H38ClF2N9O2. The first-order valence-corrected chi connectivity index (χ1v) is 15.0. The predicted octanol–water partition coefficient (Wildman–Crippen LogP) is 3.69. The summed E-state index contributed by atoms with van der Waals surface area (Å²) < 4.78 is 31.3. The van der Waals surface area contributed by atoms with E-state index in [4.69, 9.17) is 17.3 Å². The number of carbonyl (C=O) groups excluding carboxylic acids is 2. The Morgan fingerprint density at radius 2 is 1.68 bits per heavy atom. The molecule has 0 saturated carbocycles. The SMILES string of the molecule is Cc1c(F)c(N)cc(C(=O)Nc2cc(-n3cc(C(=O)NC4CCN(C)CC4)nn3)c(F)cc2N2C[C@@H](C)N(C)[C@@H](C)C2)c1Cl. The molecule has 2 fully saturated rings. The number of benzene rings is 2. The molecule has 2 aliphatic rings. The van der Waals surface area contributed by atoms with Crippen LogP contribution in [0.15, 0.2) is 24.4 Å². The quantitative estimate of drug-likeness (QED) is 0.353. The van der Waals surface area contributed by atoms with E-state index < -0.39 is 23.4 Å². The van der Waals surface area contributed by atoms with Gasteiger partial charge in [0.05, 0.1) is 33.8 Å². The van der Waals surface area contributed by atoms with Gasteiger partial charge in [0.2, 0.25) is 0 Å². The highest BCUT2D eigenvalue weighted by Crippen LogP contribution is 2.35. The van der Waals surface area contributed by atoms with Crippen molar-refractivity contribution in [1.82, 2.24) is 30.1 Å². The minimum absolute atomic E-state index is 0.0195. The number of amides is 2. The van der Waals surface area contributed by atoms with E-state index in [0.717, 1.165) is 25.9 Å². The first kappa shape index (κ1) is 31.6. The molecule has 2 aliphatic heterocycles. The van der Waals surface area contributed by atoms with E-state index in [-0.39, 0.29) is 57.0 Å². The lowest BCUT2D eigenvalue weighted by molar-refractivity contribution is 0.0911. The lowest BCUT2D eigenvalue weighted by atomic mass is 10.1. The van der Waals surface area contributed by atoms with Crippen LogP contribution in [0.2, 0.25) is 5.02 Å². The summed E-state index contributed by atoms with van der Waals surface area (Å²) >= 11 is 6.34. The summed E-state index contributed by atoms with van der Waals surface area (Å²) in [7, 11) is 4.07. The van der Waals surface area contributed by atoms with Crippen molar-refractivity contribution in [2.24, 2.45) is 0 Å². The standard InChI is InChI=1S/C30H38ClF2N9O2/c1-16-13-41(14-17(2)40(16)5)26-11-21(32)25(12-23(26)36-29(43)20-10-22(34)28(33)18(3)27(20)31)42-15-24(37-38-42)30(44)35-19-6-8-39(4)9-7-19/h10-12,15-17,19H,6-9,13-14,34H2,1-5H3,(H,35,44)(H,36,43)/t16-,17+. The lowest BCUT2D eigenvalue weighted by Gasteiger charge is -2.44. The molecule has 4 N–H and O–H groups in total. The molecule has 0 spiro atoms. The van der Waals surface area contributed by atoms with Crippen molar-refractivity contribution in [3.8, 4) is 5.69 Å². The Labute approximate surface area is 260 Å². The zero-order valence-corrected chi connectivity index (χ0v) is 26.3. The molecule has 2 amide bonds. The Morgan fingerprint density at radius 1 is 1.02 bits per heavy atom. The molecule has 3 aromatic rings. The average molecular weight is 630 g/mol. The molecule has 3 heterocycles. The minimum Gasteiger partial charge on any atom is -0.396 e. The number of aromatic nitrogens is 3. The Bertz CT molecular complexity index is 1560. The van der Waals surface area contributed by atoms with Crippen LogP contribution < -0.4 is 21.3 Å². The Kier molecular flexibility index (Phi) is 9.10. The number of nitrogens with two attached hydrogens (primary N) is 1. The van der Waals surface area contributed by atoms with Crippen LogP contribution in [-0.2, 0) is 0 Å². The Hall–Kier alpha value is -3.81. The topological polar surface area (TPSA) is 125 Å². The van der Waals surface area contributed by atoms with Crippen molar-refractivity contribution in [2.75, 3.05) is 56.2 Å². The van der Waals surface area contributed by atoms with E-state index in [0.29, 0.717) is 18.8 Å². The van der Waals surface area contributed by atoms with E-state index in [2.05, 4.69) is 44.6 Å². The number of anilines is 3. The van der Waals surface area contributed by atoms with Crippen LogP contribution in [0.3, 0.4) is 0 Å². The molecule has 2 atom stereocenters. The number of hydrogen-bond acceptors (Lipinski definition) is 8. The highest BCUT2D eigenvalue weighted by molar-refractivity contribution is 6.35. The third kappa shape index (κ3) is 6.35. The molecular weight excluding hydrogens is 592 g/mol. The molecule has 0 aliphatic carbocycles. The zero-order chi connectivity index (χ0) is 31.9. The summed E-state index contributed by atoms with van der Waals surface area (Å²) in [6.07, 6.45) is 3.00. The minimum atomic E-state index is -0.696. The summed E-state index contributed by atoms with van der Waals surface area (Å²) in [5.74, 6) is -2.35. The van der Waals surface area contributed by atoms with Crippen molar-refractivity contribution in [2.45, 2.75) is 51.7 Å². The van der Waals surface area contributed by atoms with Crippen LogP contribution in [0, 0.1) is 18.6 Å². The average Bonchev–Trinajstić information content (AvgIpc) is 3.48. The fourth-order valence-corrected chi connectivity index (χ4v) is 5.96. The number of carbonyl (C=O) groups is 2. The molecule has 0 bridgehead atoms. The number of hydrogen-bond donors (Lipinski definition) is 3. The van der Waals surface area contributed by atoms with Crippen molar-refractivity contribution < 1.29 is 18.4 Å². The first-order valence-electron chi connectivity index (χ1n) is 14.6.